The molecule has 3 rings (SSSR count). The van der Waals surface area contributed by atoms with Crippen molar-refractivity contribution in [3.63, 3.8) is 0 Å². The highest BCUT2D eigenvalue weighted by atomic mass is 16.1. The Hall–Kier alpha value is -1.39. The van der Waals surface area contributed by atoms with Gasteiger partial charge in [0.25, 0.3) is 0 Å². The number of carbonyl (C=O) groups is 1. The van der Waals surface area contributed by atoms with E-state index in [0.29, 0.717) is 12.1 Å². The van der Waals surface area contributed by atoms with Crippen LogP contribution in [0.1, 0.15) is 38.7 Å². The van der Waals surface area contributed by atoms with Crippen LogP contribution in [-0.2, 0) is 11.2 Å². The van der Waals surface area contributed by atoms with Gasteiger partial charge in [-0.05, 0) is 44.3 Å². The molecule has 138 valence electrons. The summed E-state index contributed by atoms with van der Waals surface area (Å²) in [5, 5.41) is 3.24. The number of amides is 1. The molecule has 1 aromatic carbocycles. The normalized spacial score (nSPS) is 25.4. The number of hydrogen-bond donors (Lipinski definition) is 1. The number of nitrogens with one attached hydrogen (secondary N) is 1. The second-order valence-corrected chi connectivity index (χ2v) is 7.98. The van der Waals surface area contributed by atoms with E-state index in [0.717, 1.165) is 25.9 Å². The molecule has 0 aromatic heterocycles. The van der Waals surface area contributed by atoms with Gasteiger partial charge < -0.3 is 10.2 Å². The summed E-state index contributed by atoms with van der Waals surface area (Å²) < 4.78 is 0. The fraction of sp³-hybridized carbons (Fsp3) is 0.667. The Bertz CT molecular complexity index is 545. The minimum Gasteiger partial charge on any atom is -0.352 e. The summed E-state index contributed by atoms with van der Waals surface area (Å²) in [4.78, 5) is 17.2. The molecule has 1 aromatic rings. The predicted octanol–water partition coefficient (Wildman–Crippen LogP) is 2.54. The molecule has 1 amide bonds. The van der Waals surface area contributed by atoms with Crippen molar-refractivity contribution >= 4 is 5.91 Å². The maximum Gasteiger partial charge on any atom is 0.222 e. The van der Waals surface area contributed by atoms with E-state index in [1.165, 1.54) is 38.0 Å². The molecule has 0 radical (unpaired) electrons. The van der Waals surface area contributed by atoms with Gasteiger partial charge in [0.05, 0.1) is 0 Å². The Labute approximate surface area is 152 Å². The Morgan fingerprint density at radius 1 is 1.16 bits per heavy atom. The quantitative estimate of drug-likeness (QED) is 0.862. The molecular weight excluding hydrogens is 310 g/mol. The highest BCUT2D eigenvalue weighted by Crippen LogP contribution is 2.21. The minimum absolute atomic E-state index is 0.0790. The summed E-state index contributed by atoms with van der Waals surface area (Å²) in [6.45, 7) is 9.69. The zero-order chi connectivity index (χ0) is 17.6. The first-order valence-electron chi connectivity index (χ1n) is 9.92. The van der Waals surface area contributed by atoms with Crippen molar-refractivity contribution in [2.24, 2.45) is 5.92 Å². The van der Waals surface area contributed by atoms with Crippen LogP contribution in [0.15, 0.2) is 30.3 Å². The molecule has 2 fully saturated rings. The van der Waals surface area contributed by atoms with Gasteiger partial charge in [-0.25, -0.2) is 0 Å². The van der Waals surface area contributed by atoms with Gasteiger partial charge in [0.2, 0.25) is 5.91 Å². The standard InChI is InChI=1S/C21H33N3O/c1-17(2)21(25)22-19-9-6-12-24(15-19)20-11-14-23(16-20)13-10-18-7-4-3-5-8-18/h3-5,7-8,17,19-20H,6,9-16H2,1-2H3,(H,22,25). The molecule has 2 heterocycles. The number of nitrogens with zero attached hydrogens (tertiary/aromatic N) is 2. The largest absolute Gasteiger partial charge is 0.352 e. The molecular formula is C21H33N3O. The van der Waals surface area contributed by atoms with Crippen molar-refractivity contribution in [1.29, 1.82) is 0 Å². The molecule has 2 saturated heterocycles. The lowest BCUT2D eigenvalue weighted by Crippen LogP contribution is -2.52. The Morgan fingerprint density at radius 2 is 1.96 bits per heavy atom. The number of piperidine rings is 1. The second kappa shape index (κ2) is 8.81. The molecule has 2 aliphatic heterocycles. The van der Waals surface area contributed by atoms with Gasteiger partial charge in [0, 0.05) is 37.6 Å². The second-order valence-electron chi connectivity index (χ2n) is 7.98. The van der Waals surface area contributed by atoms with Crippen LogP contribution in [-0.4, -0.2) is 60.5 Å². The Balaban J connectivity index is 1.44. The van der Waals surface area contributed by atoms with Crippen LogP contribution >= 0.6 is 0 Å². The first kappa shape index (κ1) is 18.4. The summed E-state index contributed by atoms with van der Waals surface area (Å²) in [6, 6.07) is 11.8. The molecule has 0 aliphatic carbocycles. The van der Waals surface area contributed by atoms with Crippen LogP contribution in [0.3, 0.4) is 0 Å². The molecule has 2 atom stereocenters. The van der Waals surface area contributed by atoms with E-state index in [4.69, 9.17) is 0 Å². The molecule has 4 nitrogen and oxygen atoms in total. The molecule has 0 bridgehead atoms. The highest BCUT2D eigenvalue weighted by Gasteiger charge is 2.31. The van der Waals surface area contributed by atoms with Crippen LogP contribution in [0, 0.1) is 5.92 Å². The van der Waals surface area contributed by atoms with Crippen molar-refractivity contribution in [3.8, 4) is 0 Å². The molecule has 1 N–H and O–H groups in total. The first-order chi connectivity index (χ1) is 12.1. The van der Waals surface area contributed by atoms with Crippen LogP contribution in [0.2, 0.25) is 0 Å². The van der Waals surface area contributed by atoms with Gasteiger partial charge >= 0.3 is 0 Å². The minimum atomic E-state index is 0.0790. The van der Waals surface area contributed by atoms with Gasteiger partial charge in [-0.15, -0.1) is 0 Å². The van der Waals surface area contributed by atoms with Crippen LogP contribution in [0.25, 0.3) is 0 Å². The SMILES string of the molecule is CC(C)C(=O)NC1CCCN(C2CCN(CCc3ccccc3)C2)C1. The molecule has 2 unspecified atom stereocenters. The summed E-state index contributed by atoms with van der Waals surface area (Å²) in [7, 11) is 0. The summed E-state index contributed by atoms with van der Waals surface area (Å²) in [5.41, 5.74) is 1.43. The topological polar surface area (TPSA) is 35.6 Å². The van der Waals surface area contributed by atoms with Crippen molar-refractivity contribution in [2.75, 3.05) is 32.7 Å². The molecule has 0 spiro atoms. The molecule has 4 heteroatoms. The highest BCUT2D eigenvalue weighted by molar-refractivity contribution is 5.78. The summed E-state index contributed by atoms with van der Waals surface area (Å²) in [6.07, 6.45) is 4.73. The molecule has 25 heavy (non-hydrogen) atoms. The van der Waals surface area contributed by atoms with E-state index in [-0.39, 0.29) is 11.8 Å². The monoisotopic (exact) mass is 343 g/mol. The van der Waals surface area contributed by atoms with Gasteiger partial charge in [-0.3, -0.25) is 9.69 Å². The van der Waals surface area contributed by atoms with Crippen LogP contribution in [0.4, 0.5) is 0 Å². The number of hydrogen-bond acceptors (Lipinski definition) is 3. The third kappa shape index (κ3) is 5.29. The van der Waals surface area contributed by atoms with Crippen molar-refractivity contribution in [3.05, 3.63) is 35.9 Å². The third-order valence-electron chi connectivity index (χ3n) is 5.65. The zero-order valence-corrected chi connectivity index (χ0v) is 15.8. The van der Waals surface area contributed by atoms with Gasteiger partial charge in [0.15, 0.2) is 0 Å². The number of rotatable bonds is 6. The molecule has 2 aliphatic rings. The zero-order valence-electron chi connectivity index (χ0n) is 15.8. The van der Waals surface area contributed by atoms with E-state index in [9.17, 15) is 4.79 Å². The maximum atomic E-state index is 12.0. The van der Waals surface area contributed by atoms with E-state index in [1.54, 1.807) is 0 Å². The summed E-state index contributed by atoms with van der Waals surface area (Å²) in [5.74, 6) is 0.276. The fourth-order valence-corrected chi connectivity index (χ4v) is 4.07. The maximum absolute atomic E-state index is 12.0. The average molecular weight is 344 g/mol. The van der Waals surface area contributed by atoms with E-state index in [1.807, 2.05) is 13.8 Å². The first-order valence-corrected chi connectivity index (χ1v) is 9.92. The number of likely N-dealkylation sites (tertiary alicyclic amines) is 2. The van der Waals surface area contributed by atoms with Crippen molar-refractivity contribution in [2.45, 2.75) is 51.6 Å². The lowest BCUT2D eigenvalue weighted by molar-refractivity contribution is -0.125. The Morgan fingerprint density at radius 3 is 2.72 bits per heavy atom. The van der Waals surface area contributed by atoms with Gasteiger partial charge in [0.1, 0.15) is 0 Å². The van der Waals surface area contributed by atoms with Crippen LogP contribution < -0.4 is 5.32 Å². The van der Waals surface area contributed by atoms with Crippen molar-refractivity contribution < 1.29 is 4.79 Å². The lowest BCUT2D eigenvalue weighted by atomic mass is 10.0. The number of carbonyl (C=O) groups excluding carboxylic acids is 1. The van der Waals surface area contributed by atoms with Gasteiger partial charge in [-0.1, -0.05) is 44.2 Å². The average Bonchev–Trinajstić information content (AvgIpc) is 3.10. The van der Waals surface area contributed by atoms with E-state index in [2.05, 4.69) is 45.4 Å². The smallest absolute Gasteiger partial charge is 0.222 e. The van der Waals surface area contributed by atoms with Gasteiger partial charge in [-0.2, -0.15) is 0 Å². The summed E-state index contributed by atoms with van der Waals surface area (Å²) >= 11 is 0. The Kier molecular flexibility index (Phi) is 6.49. The van der Waals surface area contributed by atoms with Crippen LogP contribution in [0.5, 0.6) is 0 Å². The van der Waals surface area contributed by atoms with E-state index >= 15 is 0 Å². The van der Waals surface area contributed by atoms with E-state index < -0.39 is 0 Å². The van der Waals surface area contributed by atoms with Crippen molar-refractivity contribution in [1.82, 2.24) is 15.1 Å². The lowest BCUT2D eigenvalue weighted by Gasteiger charge is -2.37. The predicted molar refractivity (Wildman–Crippen MR) is 103 cm³/mol. The third-order valence-corrected chi connectivity index (χ3v) is 5.65. The molecule has 0 saturated carbocycles. The fourth-order valence-electron chi connectivity index (χ4n) is 4.07. The number of benzene rings is 1.